The van der Waals surface area contributed by atoms with Crippen molar-refractivity contribution in [1.82, 2.24) is 9.21 Å². The molecule has 2 aromatic carbocycles. The minimum Gasteiger partial charge on any atom is -0.383 e. The molecule has 1 aliphatic heterocycles. The van der Waals surface area contributed by atoms with Crippen LogP contribution in [-0.2, 0) is 39.0 Å². The highest BCUT2D eigenvalue weighted by Gasteiger charge is 2.28. The first-order chi connectivity index (χ1) is 19.2. The summed E-state index contributed by atoms with van der Waals surface area (Å²) in [6.07, 6.45) is 0.655. The largest absolute Gasteiger partial charge is 0.383 e. The molecule has 40 heavy (non-hydrogen) atoms. The summed E-state index contributed by atoms with van der Waals surface area (Å²) in [5.74, 6) is -1.04. The zero-order valence-electron chi connectivity index (χ0n) is 22.6. The van der Waals surface area contributed by atoms with E-state index in [4.69, 9.17) is 15.2 Å². The molecule has 0 atom stereocenters. The van der Waals surface area contributed by atoms with Gasteiger partial charge in [-0.1, -0.05) is 30.3 Å². The van der Waals surface area contributed by atoms with Gasteiger partial charge in [0.25, 0.3) is 11.8 Å². The number of thiophene rings is 1. The van der Waals surface area contributed by atoms with E-state index in [9.17, 15) is 18.0 Å². The van der Waals surface area contributed by atoms with Crippen molar-refractivity contribution in [2.75, 3.05) is 52.4 Å². The highest BCUT2D eigenvalue weighted by molar-refractivity contribution is 7.89. The maximum Gasteiger partial charge on any atom is 0.256 e. The summed E-state index contributed by atoms with van der Waals surface area (Å²) in [5.41, 5.74) is 8.42. The maximum atomic E-state index is 13.2. The normalized spacial score (nSPS) is 13.8. The first kappa shape index (κ1) is 29.8. The number of fused-ring (bicyclic) bond motifs is 1. The summed E-state index contributed by atoms with van der Waals surface area (Å²) < 4.78 is 37.7. The van der Waals surface area contributed by atoms with Crippen LogP contribution in [0.1, 0.15) is 36.7 Å². The van der Waals surface area contributed by atoms with E-state index in [1.807, 2.05) is 18.2 Å². The summed E-state index contributed by atoms with van der Waals surface area (Å²) in [6.45, 7) is 3.03. The minimum absolute atomic E-state index is 0.0548. The molecule has 2 amide bonds. The molecule has 0 saturated carbocycles. The van der Waals surface area contributed by atoms with Crippen molar-refractivity contribution in [3.8, 4) is 0 Å². The maximum absolute atomic E-state index is 13.2. The summed E-state index contributed by atoms with van der Waals surface area (Å²) in [7, 11) is -0.811. The Morgan fingerprint density at radius 1 is 1.02 bits per heavy atom. The molecule has 0 saturated heterocycles. The van der Waals surface area contributed by atoms with Crippen molar-refractivity contribution < 1.29 is 27.5 Å². The SMILES string of the molecule is COCCN(CCOC)S(=O)(=O)c1ccc(C(=O)Nc2sc3c(c2C(N)=O)CCN(Cc2ccccc2)C3)cc1. The van der Waals surface area contributed by atoms with Gasteiger partial charge in [-0.2, -0.15) is 4.31 Å². The third-order valence-electron chi connectivity index (χ3n) is 6.70. The number of ether oxygens (including phenoxy) is 2. The fourth-order valence-electron chi connectivity index (χ4n) is 4.62. The van der Waals surface area contributed by atoms with Gasteiger partial charge in [0.1, 0.15) is 5.00 Å². The summed E-state index contributed by atoms with van der Waals surface area (Å²) >= 11 is 1.35. The fourth-order valence-corrected chi connectivity index (χ4v) is 7.32. The van der Waals surface area contributed by atoms with Crippen LogP contribution in [0, 0.1) is 0 Å². The number of rotatable bonds is 13. The van der Waals surface area contributed by atoms with E-state index in [-0.39, 0.29) is 36.8 Å². The average molecular weight is 587 g/mol. The number of hydrogen-bond donors (Lipinski definition) is 2. The van der Waals surface area contributed by atoms with Crippen LogP contribution in [0.4, 0.5) is 5.00 Å². The first-order valence-electron chi connectivity index (χ1n) is 12.8. The molecule has 0 unspecified atom stereocenters. The Labute approximate surface area is 238 Å². The van der Waals surface area contributed by atoms with Crippen molar-refractivity contribution in [3.05, 3.63) is 81.7 Å². The third-order valence-corrected chi connectivity index (χ3v) is 9.75. The first-order valence-corrected chi connectivity index (χ1v) is 15.1. The lowest BCUT2D eigenvalue weighted by molar-refractivity contribution is 0.0999. The Kier molecular flexibility index (Phi) is 10.1. The lowest BCUT2D eigenvalue weighted by Crippen LogP contribution is -2.36. The molecule has 1 aromatic heterocycles. The van der Waals surface area contributed by atoms with Crippen LogP contribution in [0.3, 0.4) is 0 Å². The van der Waals surface area contributed by atoms with E-state index in [0.29, 0.717) is 23.5 Å². The Hall–Kier alpha value is -3.13. The van der Waals surface area contributed by atoms with Crippen LogP contribution in [0.2, 0.25) is 0 Å². The van der Waals surface area contributed by atoms with Crippen molar-refractivity contribution in [3.63, 3.8) is 0 Å². The molecule has 3 N–H and O–H groups in total. The molecular formula is C28H34N4O6S2. The standard InChI is InChI=1S/C28H34N4O6S2/c1-37-16-14-32(15-17-38-2)40(35,36)22-10-8-21(9-11-22)27(34)30-28-25(26(29)33)23-12-13-31(19-24(23)39-28)18-20-6-4-3-5-7-20/h3-11H,12-19H2,1-2H3,(H2,29,33)(H,30,34). The third kappa shape index (κ3) is 6.95. The number of anilines is 1. The number of nitrogens with zero attached hydrogens (tertiary/aromatic N) is 2. The van der Waals surface area contributed by atoms with E-state index in [1.54, 1.807) is 0 Å². The van der Waals surface area contributed by atoms with Gasteiger partial charge in [-0.15, -0.1) is 11.3 Å². The monoisotopic (exact) mass is 586 g/mol. The van der Waals surface area contributed by atoms with Crippen molar-refractivity contribution in [2.24, 2.45) is 5.73 Å². The van der Waals surface area contributed by atoms with Crippen LogP contribution < -0.4 is 11.1 Å². The molecule has 214 valence electrons. The van der Waals surface area contributed by atoms with Crippen LogP contribution in [0.5, 0.6) is 0 Å². The number of sulfonamides is 1. The van der Waals surface area contributed by atoms with Gasteiger partial charge in [-0.25, -0.2) is 8.42 Å². The summed E-state index contributed by atoms with van der Waals surface area (Å²) in [6, 6.07) is 15.9. The Balaban J connectivity index is 1.49. The molecule has 0 spiro atoms. The molecule has 0 fully saturated rings. The highest BCUT2D eigenvalue weighted by Crippen LogP contribution is 2.37. The molecule has 2 heterocycles. The summed E-state index contributed by atoms with van der Waals surface area (Å²) in [4.78, 5) is 28.9. The van der Waals surface area contributed by atoms with Gasteiger partial charge in [0.15, 0.2) is 0 Å². The number of benzene rings is 2. The van der Waals surface area contributed by atoms with Crippen molar-refractivity contribution in [2.45, 2.75) is 24.4 Å². The Morgan fingerprint density at radius 3 is 2.27 bits per heavy atom. The van der Waals surface area contributed by atoms with Crippen LogP contribution in [0.15, 0.2) is 59.5 Å². The van der Waals surface area contributed by atoms with Gasteiger partial charge in [0, 0.05) is 57.4 Å². The van der Waals surface area contributed by atoms with Crippen LogP contribution in [0.25, 0.3) is 0 Å². The van der Waals surface area contributed by atoms with E-state index < -0.39 is 21.8 Å². The van der Waals surface area contributed by atoms with Crippen LogP contribution in [-0.4, -0.2) is 76.5 Å². The number of carbonyl (C=O) groups is 2. The zero-order valence-corrected chi connectivity index (χ0v) is 24.2. The predicted molar refractivity (Wildman–Crippen MR) is 154 cm³/mol. The zero-order chi connectivity index (χ0) is 28.7. The number of carbonyl (C=O) groups excluding carboxylic acids is 2. The second kappa shape index (κ2) is 13.5. The second-order valence-electron chi connectivity index (χ2n) is 9.39. The smallest absolute Gasteiger partial charge is 0.256 e. The van der Waals surface area contributed by atoms with Gasteiger partial charge in [0.05, 0.1) is 23.7 Å². The average Bonchev–Trinajstić information content (AvgIpc) is 3.30. The van der Waals surface area contributed by atoms with E-state index in [0.717, 1.165) is 23.5 Å². The van der Waals surface area contributed by atoms with Crippen LogP contribution >= 0.6 is 11.3 Å². The van der Waals surface area contributed by atoms with Crippen molar-refractivity contribution in [1.29, 1.82) is 0 Å². The quantitative estimate of drug-likeness (QED) is 0.315. The Bertz CT molecular complexity index is 1420. The van der Waals surface area contributed by atoms with Crippen molar-refractivity contribution >= 4 is 38.2 Å². The molecule has 12 heteroatoms. The number of nitrogens with one attached hydrogen (secondary N) is 1. The topological polar surface area (TPSA) is 131 Å². The Morgan fingerprint density at radius 2 is 1.68 bits per heavy atom. The van der Waals surface area contributed by atoms with Gasteiger partial charge in [0.2, 0.25) is 10.0 Å². The lowest BCUT2D eigenvalue weighted by atomic mass is 10.0. The highest BCUT2D eigenvalue weighted by atomic mass is 32.2. The minimum atomic E-state index is -3.82. The second-order valence-corrected chi connectivity index (χ2v) is 12.4. The van der Waals surface area contributed by atoms with E-state index >= 15 is 0 Å². The predicted octanol–water partition coefficient (Wildman–Crippen LogP) is 2.94. The number of methoxy groups -OCH3 is 2. The summed E-state index contributed by atoms with van der Waals surface area (Å²) in [5, 5.41) is 3.24. The number of primary amides is 1. The molecule has 0 bridgehead atoms. The molecule has 10 nitrogen and oxygen atoms in total. The van der Waals surface area contributed by atoms with Gasteiger partial charge < -0.3 is 20.5 Å². The van der Waals surface area contributed by atoms with Gasteiger partial charge >= 0.3 is 0 Å². The van der Waals surface area contributed by atoms with E-state index in [2.05, 4.69) is 22.3 Å². The van der Waals surface area contributed by atoms with E-state index in [1.165, 1.54) is 59.7 Å². The lowest BCUT2D eigenvalue weighted by Gasteiger charge is -2.27. The number of nitrogens with two attached hydrogens (primary N) is 1. The molecule has 3 aromatic rings. The molecule has 4 rings (SSSR count). The van der Waals surface area contributed by atoms with Gasteiger partial charge in [-0.3, -0.25) is 14.5 Å². The molecule has 0 radical (unpaired) electrons. The molecule has 1 aliphatic rings. The van der Waals surface area contributed by atoms with Gasteiger partial charge in [-0.05, 0) is 41.8 Å². The number of hydrogen-bond acceptors (Lipinski definition) is 8. The number of amides is 2. The molecular weight excluding hydrogens is 552 g/mol. The molecule has 0 aliphatic carbocycles. The fraction of sp³-hybridized carbons (Fsp3) is 0.357.